The molecule has 0 aliphatic carbocycles. The summed E-state index contributed by atoms with van der Waals surface area (Å²) in [7, 11) is 3.34. The molecule has 1 heterocycles. The Kier molecular flexibility index (Phi) is 4.94. The minimum atomic E-state index is 0.469. The lowest BCUT2D eigenvalue weighted by Gasteiger charge is -2.27. The quantitative estimate of drug-likeness (QED) is 0.919. The van der Waals surface area contributed by atoms with Crippen LogP contribution >= 0.6 is 11.6 Å². The first-order valence-corrected chi connectivity index (χ1v) is 7.24. The fourth-order valence-electron chi connectivity index (χ4n) is 2.94. The third-order valence-electron chi connectivity index (χ3n) is 3.82. The summed E-state index contributed by atoms with van der Waals surface area (Å²) in [6.45, 7) is 4.22. The first kappa shape index (κ1) is 14.5. The number of benzene rings is 1. The van der Waals surface area contributed by atoms with Crippen LogP contribution in [0.25, 0.3) is 0 Å². The van der Waals surface area contributed by atoms with E-state index in [0.717, 1.165) is 36.0 Å². The molecule has 1 aromatic rings. The second-order valence-electron chi connectivity index (χ2n) is 4.88. The van der Waals surface area contributed by atoms with E-state index in [9.17, 15) is 0 Å². The maximum atomic E-state index is 6.49. The van der Waals surface area contributed by atoms with E-state index in [1.165, 1.54) is 24.0 Å². The molecule has 1 fully saturated rings. The standard InChI is InChI=1S/C15H22ClNO2/c1-4-11-14(10-6-5-7-17-9-10)12(16)8-13(18-2)15(11)19-3/h8,10,17H,4-7,9H2,1-3H3. The summed E-state index contributed by atoms with van der Waals surface area (Å²) in [5.74, 6) is 2.02. The first-order chi connectivity index (χ1) is 9.22. The Morgan fingerprint density at radius 1 is 1.37 bits per heavy atom. The van der Waals surface area contributed by atoms with Gasteiger partial charge in [0.1, 0.15) is 0 Å². The Morgan fingerprint density at radius 2 is 2.16 bits per heavy atom. The third kappa shape index (κ3) is 2.82. The summed E-state index contributed by atoms with van der Waals surface area (Å²) in [6, 6.07) is 1.88. The van der Waals surface area contributed by atoms with Gasteiger partial charge in [0.2, 0.25) is 0 Å². The summed E-state index contributed by atoms with van der Waals surface area (Å²) in [4.78, 5) is 0. The van der Waals surface area contributed by atoms with E-state index < -0.39 is 0 Å². The van der Waals surface area contributed by atoms with Crippen LogP contribution in [0.4, 0.5) is 0 Å². The number of methoxy groups -OCH3 is 2. The molecule has 3 nitrogen and oxygen atoms in total. The highest BCUT2D eigenvalue weighted by Gasteiger charge is 2.25. The third-order valence-corrected chi connectivity index (χ3v) is 4.13. The highest BCUT2D eigenvalue weighted by atomic mass is 35.5. The zero-order valence-electron chi connectivity index (χ0n) is 11.9. The summed E-state index contributed by atoms with van der Waals surface area (Å²) in [5, 5.41) is 4.24. The van der Waals surface area contributed by atoms with Crippen LogP contribution in [0.3, 0.4) is 0 Å². The van der Waals surface area contributed by atoms with Gasteiger partial charge >= 0.3 is 0 Å². The molecular weight excluding hydrogens is 262 g/mol. The molecule has 0 amide bonds. The van der Waals surface area contributed by atoms with Gasteiger partial charge in [0.05, 0.1) is 14.2 Å². The van der Waals surface area contributed by atoms with E-state index in [0.29, 0.717) is 5.92 Å². The Labute approximate surface area is 120 Å². The van der Waals surface area contributed by atoms with Crippen molar-refractivity contribution >= 4 is 11.6 Å². The summed E-state index contributed by atoms with van der Waals surface area (Å²) >= 11 is 6.49. The predicted molar refractivity (Wildman–Crippen MR) is 78.8 cm³/mol. The SMILES string of the molecule is CCc1c(OC)c(OC)cc(Cl)c1C1CCCNC1. The zero-order chi connectivity index (χ0) is 13.8. The van der Waals surface area contributed by atoms with Crippen LogP contribution in [-0.4, -0.2) is 27.3 Å². The average Bonchev–Trinajstić information content (AvgIpc) is 2.46. The van der Waals surface area contributed by atoms with Crippen molar-refractivity contribution in [3.05, 3.63) is 22.2 Å². The highest BCUT2D eigenvalue weighted by molar-refractivity contribution is 6.31. The van der Waals surface area contributed by atoms with Crippen LogP contribution in [0.2, 0.25) is 5.02 Å². The fourth-order valence-corrected chi connectivity index (χ4v) is 3.31. The molecule has 1 saturated heterocycles. The topological polar surface area (TPSA) is 30.5 Å². The molecule has 2 rings (SSSR count). The van der Waals surface area contributed by atoms with Crippen LogP contribution in [0.5, 0.6) is 11.5 Å². The molecule has 19 heavy (non-hydrogen) atoms. The Bertz CT molecular complexity index is 442. The van der Waals surface area contributed by atoms with Crippen molar-refractivity contribution in [1.29, 1.82) is 0 Å². The van der Waals surface area contributed by atoms with E-state index >= 15 is 0 Å². The molecule has 1 N–H and O–H groups in total. The Hall–Kier alpha value is -0.930. The predicted octanol–water partition coefficient (Wildman–Crippen LogP) is 3.39. The largest absolute Gasteiger partial charge is 0.493 e. The van der Waals surface area contributed by atoms with Gasteiger partial charge in [-0.25, -0.2) is 0 Å². The molecule has 1 aliphatic heterocycles. The normalized spacial score (nSPS) is 19.3. The van der Waals surface area contributed by atoms with Gasteiger partial charge in [0.25, 0.3) is 0 Å². The van der Waals surface area contributed by atoms with Crippen molar-refractivity contribution in [1.82, 2.24) is 5.32 Å². The van der Waals surface area contributed by atoms with Crippen molar-refractivity contribution < 1.29 is 9.47 Å². The number of ether oxygens (including phenoxy) is 2. The number of halogens is 1. The molecule has 0 spiro atoms. The van der Waals surface area contributed by atoms with Gasteiger partial charge in [-0.1, -0.05) is 18.5 Å². The van der Waals surface area contributed by atoms with Crippen LogP contribution in [0, 0.1) is 0 Å². The molecule has 4 heteroatoms. The Balaban J connectivity index is 2.51. The maximum Gasteiger partial charge on any atom is 0.164 e. The average molecular weight is 284 g/mol. The minimum absolute atomic E-state index is 0.469. The number of hydrogen-bond acceptors (Lipinski definition) is 3. The van der Waals surface area contributed by atoms with E-state index in [1.807, 2.05) is 6.07 Å². The molecule has 1 aromatic carbocycles. The molecule has 1 aliphatic rings. The summed E-state index contributed by atoms with van der Waals surface area (Å²) in [5.41, 5.74) is 2.41. The lowest BCUT2D eigenvalue weighted by Crippen LogP contribution is -2.29. The van der Waals surface area contributed by atoms with Gasteiger partial charge in [-0.3, -0.25) is 0 Å². The van der Waals surface area contributed by atoms with Crippen LogP contribution in [0.15, 0.2) is 6.07 Å². The molecule has 0 radical (unpaired) electrons. The summed E-state index contributed by atoms with van der Waals surface area (Å²) in [6.07, 6.45) is 3.26. The van der Waals surface area contributed by atoms with Crippen LogP contribution in [-0.2, 0) is 6.42 Å². The van der Waals surface area contributed by atoms with E-state index in [2.05, 4.69) is 12.2 Å². The first-order valence-electron chi connectivity index (χ1n) is 6.86. The second kappa shape index (κ2) is 6.49. The monoisotopic (exact) mass is 283 g/mol. The number of rotatable bonds is 4. The van der Waals surface area contributed by atoms with Crippen molar-refractivity contribution in [3.63, 3.8) is 0 Å². The van der Waals surface area contributed by atoms with E-state index in [1.54, 1.807) is 14.2 Å². The molecule has 106 valence electrons. The number of piperidine rings is 1. The van der Waals surface area contributed by atoms with Crippen molar-refractivity contribution in [2.24, 2.45) is 0 Å². The minimum Gasteiger partial charge on any atom is -0.493 e. The lowest BCUT2D eigenvalue weighted by atomic mass is 9.87. The lowest BCUT2D eigenvalue weighted by molar-refractivity contribution is 0.350. The highest BCUT2D eigenvalue weighted by Crippen LogP contribution is 2.42. The zero-order valence-corrected chi connectivity index (χ0v) is 12.6. The van der Waals surface area contributed by atoms with Crippen LogP contribution < -0.4 is 14.8 Å². The summed E-state index contributed by atoms with van der Waals surface area (Å²) < 4.78 is 10.9. The fraction of sp³-hybridized carbons (Fsp3) is 0.600. The van der Waals surface area contributed by atoms with Crippen molar-refractivity contribution in [3.8, 4) is 11.5 Å². The van der Waals surface area contributed by atoms with Gasteiger partial charge < -0.3 is 14.8 Å². The number of nitrogens with one attached hydrogen (secondary N) is 1. The van der Waals surface area contributed by atoms with Crippen LogP contribution in [0.1, 0.15) is 36.8 Å². The maximum absolute atomic E-state index is 6.49. The van der Waals surface area contributed by atoms with Gasteiger partial charge in [-0.15, -0.1) is 0 Å². The Morgan fingerprint density at radius 3 is 2.68 bits per heavy atom. The van der Waals surface area contributed by atoms with Gasteiger partial charge in [-0.05, 0) is 37.3 Å². The van der Waals surface area contributed by atoms with Gasteiger partial charge in [-0.2, -0.15) is 0 Å². The van der Waals surface area contributed by atoms with Gasteiger partial charge in [0, 0.05) is 23.2 Å². The van der Waals surface area contributed by atoms with Gasteiger partial charge in [0.15, 0.2) is 11.5 Å². The van der Waals surface area contributed by atoms with E-state index in [4.69, 9.17) is 21.1 Å². The number of hydrogen-bond donors (Lipinski definition) is 1. The molecule has 0 aromatic heterocycles. The molecular formula is C15H22ClNO2. The second-order valence-corrected chi connectivity index (χ2v) is 5.29. The molecule has 1 atom stereocenters. The smallest absolute Gasteiger partial charge is 0.164 e. The van der Waals surface area contributed by atoms with Crippen molar-refractivity contribution in [2.45, 2.75) is 32.1 Å². The molecule has 0 bridgehead atoms. The van der Waals surface area contributed by atoms with Crippen molar-refractivity contribution in [2.75, 3.05) is 27.3 Å². The molecule has 0 saturated carbocycles. The molecule has 1 unspecified atom stereocenters. The van der Waals surface area contributed by atoms with E-state index in [-0.39, 0.29) is 0 Å².